The number of likely N-dealkylation sites (N-methyl/N-ethyl adjacent to an activating group) is 1. The van der Waals surface area contributed by atoms with Crippen molar-refractivity contribution in [2.45, 2.75) is 87.9 Å². The number of nitrogens with one attached hydrogen (secondary N) is 2. The van der Waals surface area contributed by atoms with Crippen LogP contribution in [0, 0.1) is 5.92 Å². The summed E-state index contributed by atoms with van der Waals surface area (Å²) in [5.74, 6) is -3.59. The Morgan fingerprint density at radius 1 is 0.741 bits per heavy atom. The molecule has 1 saturated carbocycles. The molecule has 3 aliphatic rings. The van der Waals surface area contributed by atoms with Gasteiger partial charge < -0.3 is 25.4 Å². The van der Waals surface area contributed by atoms with Crippen molar-refractivity contribution in [2.24, 2.45) is 5.92 Å². The molecule has 4 atom stereocenters. The second-order valence-corrected chi connectivity index (χ2v) is 15.8. The third kappa shape index (κ3) is 8.49. The Balaban J connectivity index is 1.04. The lowest BCUT2D eigenvalue weighted by Gasteiger charge is -2.36. The lowest BCUT2D eigenvalue weighted by atomic mass is 9.83. The minimum atomic E-state index is -1.31. The largest absolute Gasteiger partial charge is 0.480 e. The number of carbonyl (C=O) groups excluding carboxylic acids is 4. The number of ether oxygens (including phenoxy) is 1. The number of rotatable bonds is 13. The van der Waals surface area contributed by atoms with Crippen molar-refractivity contribution >= 4 is 29.8 Å². The Hall–Kier alpha value is -5.97. The second-order valence-electron chi connectivity index (χ2n) is 15.8. The first-order chi connectivity index (χ1) is 28.1. The summed E-state index contributed by atoms with van der Waals surface area (Å²) >= 11 is 0. The summed E-state index contributed by atoms with van der Waals surface area (Å²) in [5, 5.41) is 16.3. The second kappa shape index (κ2) is 18.1. The number of carboxylic acids is 1. The molecule has 4 aromatic rings. The van der Waals surface area contributed by atoms with E-state index in [9.17, 15) is 29.1 Å². The third-order valence-corrected chi connectivity index (χ3v) is 12.3. The van der Waals surface area contributed by atoms with Gasteiger partial charge in [-0.3, -0.25) is 19.3 Å². The van der Waals surface area contributed by atoms with E-state index < -0.39 is 54.0 Å². The molecule has 4 unspecified atom stereocenters. The number of amides is 4. The summed E-state index contributed by atoms with van der Waals surface area (Å²) in [6.07, 6.45) is 4.56. The number of hydrogen-bond acceptors (Lipinski definition) is 6. The average molecular weight is 785 g/mol. The van der Waals surface area contributed by atoms with Crippen molar-refractivity contribution in [1.82, 2.24) is 20.4 Å². The van der Waals surface area contributed by atoms with Crippen LogP contribution in [0.4, 0.5) is 4.79 Å². The molecule has 3 N–H and O–H groups in total. The highest BCUT2D eigenvalue weighted by Gasteiger charge is 2.43. The van der Waals surface area contributed by atoms with Gasteiger partial charge in [-0.1, -0.05) is 128 Å². The van der Waals surface area contributed by atoms with Gasteiger partial charge in [0, 0.05) is 25.4 Å². The molecule has 1 heterocycles. The molecule has 58 heavy (non-hydrogen) atoms. The number of hydrogen-bond donors (Lipinski definition) is 3. The fourth-order valence-corrected chi connectivity index (χ4v) is 9.07. The molecule has 1 saturated heterocycles. The Labute approximate surface area is 339 Å². The molecule has 1 aliphatic heterocycles. The van der Waals surface area contributed by atoms with Crippen molar-refractivity contribution in [3.8, 4) is 11.1 Å². The predicted molar refractivity (Wildman–Crippen MR) is 220 cm³/mol. The number of nitrogens with zero attached hydrogens (tertiary/aromatic N) is 2. The third-order valence-electron chi connectivity index (χ3n) is 12.3. The van der Waals surface area contributed by atoms with E-state index in [1.807, 2.05) is 97.1 Å². The van der Waals surface area contributed by atoms with Crippen LogP contribution in [0.5, 0.6) is 0 Å². The zero-order chi connectivity index (χ0) is 40.8. The summed E-state index contributed by atoms with van der Waals surface area (Å²) in [5.41, 5.74) is 5.86. The Morgan fingerprint density at radius 2 is 1.29 bits per heavy atom. The smallest absolute Gasteiger partial charge is 0.410 e. The normalized spacial score (nSPS) is 18.1. The highest BCUT2D eigenvalue weighted by molar-refractivity contribution is 5.95. The fraction of sp³-hybridized carbons (Fsp3) is 0.383. The van der Waals surface area contributed by atoms with Gasteiger partial charge in [0.1, 0.15) is 30.8 Å². The van der Waals surface area contributed by atoms with Crippen molar-refractivity contribution < 1.29 is 33.8 Å². The van der Waals surface area contributed by atoms with E-state index in [0.29, 0.717) is 19.4 Å². The number of carboxylic acid groups (broad SMARTS) is 1. The van der Waals surface area contributed by atoms with Crippen LogP contribution in [-0.4, -0.2) is 89.1 Å². The highest BCUT2D eigenvalue weighted by atomic mass is 16.6. The lowest BCUT2D eigenvalue weighted by Crippen LogP contribution is -2.59. The molecule has 7 rings (SSSR count). The van der Waals surface area contributed by atoms with Crippen LogP contribution in [0.3, 0.4) is 0 Å². The van der Waals surface area contributed by atoms with Gasteiger partial charge in [-0.25, -0.2) is 9.59 Å². The predicted octanol–water partition coefficient (Wildman–Crippen LogP) is 6.71. The standard InChI is InChI=1S/C47H52N4O7/c1-30(50(2)47(57)58-29-38-36-25-14-12-23-34(36)35-24-13-15-26-37(35)38)43(52)48-41(33-21-10-5-11-22-33)45(54)51-28-16-27-39(51)44(53)49-42(46(55)56)40(31-17-6-3-7-18-31)32-19-8-4-9-20-32/h3-4,6-9,12-15,17-20,23-26,30,33,38-42H,5,10-11,16,21-22,27-29H2,1-2H3,(H,48,52)(H,49,53)(H,55,56). The van der Waals surface area contributed by atoms with E-state index >= 15 is 0 Å². The summed E-state index contributed by atoms with van der Waals surface area (Å²) < 4.78 is 5.83. The maximum Gasteiger partial charge on any atom is 0.410 e. The molecule has 0 radical (unpaired) electrons. The molecule has 2 fully saturated rings. The van der Waals surface area contributed by atoms with Crippen molar-refractivity contribution in [3.05, 3.63) is 131 Å². The minimum absolute atomic E-state index is 0.104. The molecule has 4 amide bonds. The average Bonchev–Trinajstić information content (AvgIpc) is 3.88. The molecule has 2 aliphatic carbocycles. The SMILES string of the molecule is CC(C(=O)NC(C(=O)N1CCCC1C(=O)NC(C(=O)O)C(c1ccccc1)c1ccccc1)C1CCCCC1)N(C)C(=O)OCC1c2ccccc2-c2ccccc21. The Morgan fingerprint density at radius 3 is 1.86 bits per heavy atom. The zero-order valence-corrected chi connectivity index (χ0v) is 33.1. The van der Waals surface area contributed by atoms with Gasteiger partial charge in [-0.2, -0.15) is 0 Å². The molecule has 11 heteroatoms. The van der Waals surface area contributed by atoms with E-state index in [4.69, 9.17) is 4.74 Å². The zero-order valence-electron chi connectivity index (χ0n) is 33.1. The van der Waals surface area contributed by atoms with Crippen molar-refractivity contribution in [1.29, 1.82) is 0 Å². The molecule has 4 aromatic carbocycles. The van der Waals surface area contributed by atoms with Gasteiger partial charge in [-0.15, -0.1) is 0 Å². The molecule has 11 nitrogen and oxygen atoms in total. The maximum atomic E-state index is 14.6. The van der Waals surface area contributed by atoms with Gasteiger partial charge in [0.05, 0.1) is 0 Å². The van der Waals surface area contributed by atoms with E-state index in [-0.39, 0.29) is 24.3 Å². The summed E-state index contributed by atoms with van der Waals surface area (Å²) in [7, 11) is 1.51. The molecule has 0 aromatic heterocycles. The van der Waals surface area contributed by atoms with Crippen LogP contribution in [0.25, 0.3) is 11.1 Å². The first-order valence-electron chi connectivity index (χ1n) is 20.5. The van der Waals surface area contributed by atoms with Crippen molar-refractivity contribution in [2.75, 3.05) is 20.2 Å². The van der Waals surface area contributed by atoms with Crippen LogP contribution < -0.4 is 10.6 Å². The van der Waals surface area contributed by atoms with E-state index in [1.54, 1.807) is 6.92 Å². The molecule has 302 valence electrons. The number of benzene rings is 4. The summed E-state index contributed by atoms with van der Waals surface area (Å²) in [6.45, 7) is 2.00. The summed E-state index contributed by atoms with van der Waals surface area (Å²) in [4.78, 5) is 71.7. The minimum Gasteiger partial charge on any atom is -0.480 e. The number of carbonyl (C=O) groups is 5. The Kier molecular flexibility index (Phi) is 12.5. The van der Waals surface area contributed by atoms with Gasteiger partial charge in [-0.05, 0) is 71.9 Å². The van der Waals surface area contributed by atoms with Crippen LogP contribution in [0.15, 0.2) is 109 Å². The first-order valence-corrected chi connectivity index (χ1v) is 20.5. The van der Waals surface area contributed by atoms with Gasteiger partial charge in [0.15, 0.2) is 0 Å². The van der Waals surface area contributed by atoms with Gasteiger partial charge in [0.25, 0.3) is 0 Å². The highest BCUT2D eigenvalue weighted by Crippen LogP contribution is 2.44. The van der Waals surface area contributed by atoms with Crippen LogP contribution in [0.1, 0.15) is 86.0 Å². The molecule has 0 spiro atoms. The van der Waals surface area contributed by atoms with Gasteiger partial charge >= 0.3 is 12.1 Å². The number of fused-ring (bicyclic) bond motifs is 3. The van der Waals surface area contributed by atoms with Crippen LogP contribution in [-0.2, 0) is 23.9 Å². The maximum absolute atomic E-state index is 14.6. The van der Waals surface area contributed by atoms with Crippen LogP contribution >= 0.6 is 0 Å². The molecular weight excluding hydrogens is 733 g/mol. The first kappa shape index (κ1) is 40.2. The number of aliphatic carboxylic acids is 1. The quantitative estimate of drug-likeness (QED) is 0.137. The lowest BCUT2D eigenvalue weighted by molar-refractivity contribution is -0.146. The molecular formula is C47H52N4O7. The van der Waals surface area contributed by atoms with Crippen molar-refractivity contribution in [3.63, 3.8) is 0 Å². The topological polar surface area (TPSA) is 145 Å². The Bertz CT molecular complexity index is 2020. The van der Waals surface area contributed by atoms with E-state index in [0.717, 1.165) is 65.5 Å². The monoisotopic (exact) mass is 784 g/mol. The van der Waals surface area contributed by atoms with E-state index in [1.165, 1.54) is 16.8 Å². The molecule has 0 bridgehead atoms. The summed E-state index contributed by atoms with van der Waals surface area (Å²) in [6, 6.07) is 30.4. The van der Waals surface area contributed by atoms with Gasteiger partial charge in [0.2, 0.25) is 17.7 Å². The van der Waals surface area contributed by atoms with E-state index in [2.05, 4.69) is 22.8 Å². The number of likely N-dealkylation sites (tertiary alicyclic amines) is 1. The van der Waals surface area contributed by atoms with Crippen LogP contribution in [0.2, 0.25) is 0 Å². The fourth-order valence-electron chi connectivity index (χ4n) is 9.07.